The number of rotatable bonds is 2. The Labute approximate surface area is 137 Å². The molecule has 0 spiro atoms. The van der Waals surface area contributed by atoms with Gasteiger partial charge in [0.15, 0.2) is 0 Å². The van der Waals surface area contributed by atoms with Gasteiger partial charge in [-0.3, -0.25) is 4.79 Å². The summed E-state index contributed by atoms with van der Waals surface area (Å²) in [5, 5.41) is 0. The highest BCUT2D eigenvalue weighted by Gasteiger charge is 2.36. The summed E-state index contributed by atoms with van der Waals surface area (Å²) >= 11 is 0. The van der Waals surface area contributed by atoms with Crippen molar-refractivity contribution in [2.45, 2.75) is 26.3 Å². The van der Waals surface area contributed by atoms with E-state index < -0.39 is 0 Å². The lowest BCUT2D eigenvalue weighted by atomic mass is 9.79. The van der Waals surface area contributed by atoms with Crippen molar-refractivity contribution in [1.29, 1.82) is 0 Å². The third-order valence-corrected chi connectivity index (χ3v) is 5.01. The lowest BCUT2D eigenvalue weighted by Gasteiger charge is -2.42. The molecule has 0 radical (unpaired) electrons. The summed E-state index contributed by atoms with van der Waals surface area (Å²) < 4.78 is 1.99. The molecule has 1 fully saturated rings. The van der Waals surface area contributed by atoms with Gasteiger partial charge < -0.3 is 15.2 Å². The molecule has 2 N–H and O–H groups in total. The van der Waals surface area contributed by atoms with Crippen LogP contribution in [0.5, 0.6) is 0 Å². The monoisotopic (exact) mass is 311 g/mol. The number of carbonyl (C=O) groups excluding carboxylic acids is 1. The molecular weight excluding hydrogens is 286 g/mol. The highest BCUT2D eigenvalue weighted by molar-refractivity contribution is 5.94. The fourth-order valence-corrected chi connectivity index (χ4v) is 3.33. The van der Waals surface area contributed by atoms with Crippen molar-refractivity contribution in [3.63, 3.8) is 0 Å². The van der Waals surface area contributed by atoms with Gasteiger partial charge in [0.05, 0.1) is 0 Å². The van der Waals surface area contributed by atoms with Gasteiger partial charge in [-0.1, -0.05) is 44.2 Å². The van der Waals surface area contributed by atoms with Gasteiger partial charge in [-0.15, -0.1) is 0 Å². The van der Waals surface area contributed by atoms with E-state index in [1.807, 2.05) is 46.8 Å². The Kier molecular flexibility index (Phi) is 4.02. The Morgan fingerprint density at radius 2 is 1.87 bits per heavy atom. The van der Waals surface area contributed by atoms with E-state index >= 15 is 0 Å². The topological polar surface area (TPSA) is 51.3 Å². The number of carbonyl (C=O) groups is 1. The van der Waals surface area contributed by atoms with Crippen molar-refractivity contribution < 1.29 is 4.79 Å². The number of piperidine rings is 1. The van der Waals surface area contributed by atoms with Crippen LogP contribution in [0.1, 0.15) is 30.8 Å². The molecule has 1 amide bonds. The molecule has 2 heterocycles. The number of likely N-dealkylation sites (tertiary alicyclic amines) is 1. The molecule has 3 rings (SSSR count). The third-order valence-electron chi connectivity index (χ3n) is 5.01. The minimum Gasteiger partial charge on any atom is -0.340 e. The fraction of sp³-hybridized carbons (Fsp3) is 0.421. The molecule has 1 atom stereocenters. The highest BCUT2D eigenvalue weighted by Crippen LogP contribution is 2.29. The van der Waals surface area contributed by atoms with E-state index in [0.29, 0.717) is 6.54 Å². The summed E-state index contributed by atoms with van der Waals surface area (Å²) in [7, 11) is 1.95. The van der Waals surface area contributed by atoms with E-state index in [2.05, 4.69) is 26.0 Å². The van der Waals surface area contributed by atoms with Crippen LogP contribution >= 0.6 is 0 Å². The predicted molar refractivity (Wildman–Crippen MR) is 93.1 cm³/mol. The molecule has 0 saturated carbocycles. The summed E-state index contributed by atoms with van der Waals surface area (Å²) in [6, 6.07) is 14.2. The second-order valence-corrected chi connectivity index (χ2v) is 7.14. The molecule has 23 heavy (non-hydrogen) atoms. The molecule has 1 saturated heterocycles. The zero-order valence-corrected chi connectivity index (χ0v) is 14.1. The van der Waals surface area contributed by atoms with E-state index in [1.54, 1.807) is 0 Å². The van der Waals surface area contributed by atoms with E-state index in [1.165, 1.54) is 0 Å². The minimum atomic E-state index is -0.0403. The molecule has 122 valence electrons. The Balaban J connectivity index is 1.86. The Morgan fingerprint density at radius 3 is 2.52 bits per heavy atom. The molecule has 1 aliphatic heterocycles. The maximum absolute atomic E-state index is 12.9. The Bertz CT molecular complexity index is 703. The first kappa shape index (κ1) is 15.8. The molecule has 0 aliphatic carbocycles. The summed E-state index contributed by atoms with van der Waals surface area (Å²) in [5.74, 6) is 0.0923. The van der Waals surface area contributed by atoms with Crippen LogP contribution in [0.3, 0.4) is 0 Å². The summed E-state index contributed by atoms with van der Waals surface area (Å²) in [6.45, 7) is 5.71. The number of nitrogens with two attached hydrogens (primary N) is 1. The molecule has 1 aliphatic rings. The number of amides is 1. The van der Waals surface area contributed by atoms with Gasteiger partial charge in [0.2, 0.25) is 0 Å². The largest absolute Gasteiger partial charge is 0.340 e. The molecule has 1 aromatic carbocycles. The quantitative estimate of drug-likeness (QED) is 0.927. The maximum atomic E-state index is 12.9. The van der Waals surface area contributed by atoms with Gasteiger partial charge in [-0.05, 0) is 29.5 Å². The van der Waals surface area contributed by atoms with Crippen molar-refractivity contribution in [2.24, 2.45) is 18.2 Å². The van der Waals surface area contributed by atoms with Gasteiger partial charge in [-0.2, -0.15) is 0 Å². The molecule has 0 bridgehead atoms. The molecular formula is C19H25N3O. The van der Waals surface area contributed by atoms with Crippen LogP contribution in [0.25, 0.3) is 11.3 Å². The molecule has 1 unspecified atom stereocenters. The summed E-state index contributed by atoms with van der Waals surface area (Å²) in [6.07, 6.45) is 0.856. The number of nitrogens with zero attached hydrogens (tertiary/aromatic N) is 2. The first-order valence-electron chi connectivity index (χ1n) is 8.16. The number of aromatic nitrogens is 1. The SMILES string of the molecule is Cn1c(C(=O)N2CCC(N)C(C)(C)C2)ccc1-c1ccccc1. The minimum absolute atomic E-state index is 0.0403. The normalized spacial score (nSPS) is 20.5. The van der Waals surface area contributed by atoms with E-state index in [-0.39, 0.29) is 17.4 Å². The van der Waals surface area contributed by atoms with Crippen LogP contribution in [0, 0.1) is 5.41 Å². The second kappa shape index (κ2) is 5.85. The third kappa shape index (κ3) is 2.91. The van der Waals surface area contributed by atoms with Gasteiger partial charge in [0.25, 0.3) is 5.91 Å². The van der Waals surface area contributed by atoms with Gasteiger partial charge in [0, 0.05) is 31.9 Å². The van der Waals surface area contributed by atoms with Crippen LogP contribution in [-0.4, -0.2) is 34.5 Å². The smallest absolute Gasteiger partial charge is 0.270 e. The van der Waals surface area contributed by atoms with Crippen LogP contribution in [0.15, 0.2) is 42.5 Å². The van der Waals surface area contributed by atoms with Crippen LogP contribution in [-0.2, 0) is 7.05 Å². The molecule has 4 nitrogen and oxygen atoms in total. The van der Waals surface area contributed by atoms with Crippen molar-refractivity contribution in [3.05, 3.63) is 48.2 Å². The molecule has 2 aromatic rings. The molecule has 1 aromatic heterocycles. The summed E-state index contributed by atoms with van der Waals surface area (Å²) in [5.41, 5.74) is 9.05. The van der Waals surface area contributed by atoms with Crippen molar-refractivity contribution in [3.8, 4) is 11.3 Å². The summed E-state index contributed by atoms with van der Waals surface area (Å²) in [4.78, 5) is 14.9. The fourth-order valence-electron chi connectivity index (χ4n) is 3.33. The predicted octanol–water partition coefficient (Wildman–Crippen LogP) is 2.89. The number of hydrogen-bond donors (Lipinski definition) is 1. The average molecular weight is 311 g/mol. The molecule has 4 heteroatoms. The number of benzene rings is 1. The van der Waals surface area contributed by atoms with Crippen LogP contribution in [0.4, 0.5) is 0 Å². The van der Waals surface area contributed by atoms with E-state index in [4.69, 9.17) is 5.73 Å². The first-order chi connectivity index (χ1) is 10.9. The zero-order valence-electron chi connectivity index (χ0n) is 14.1. The maximum Gasteiger partial charge on any atom is 0.270 e. The highest BCUT2D eigenvalue weighted by atomic mass is 16.2. The lowest BCUT2D eigenvalue weighted by molar-refractivity contribution is 0.0524. The zero-order chi connectivity index (χ0) is 16.6. The van der Waals surface area contributed by atoms with E-state index in [9.17, 15) is 4.79 Å². The second-order valence-electron chi connectivity index (χ2n) is 7.14. The van der Waals surface area contributed by atoms with Gasteiger partial charge in [-0.25, -0.2) is 0 Å². The Hall–Kier alpha value is -2.07. The lowest BCUT2D eigenvalue weighted by Crippen LogP contribution is -2.54. The first-order valence-corrected chi connectivity index (χ1v) is 8.16. The van der Waals surface area contributed by atoms with Crippen LogP contribution < -0.4 is 5.73 Å². The van der Waals surface area contributed by atoms with Gasteiger partial charge in [0.1, 0.15) is 5.69 Å². The number of hydrogen-bond acceptors (Lipinski definition) is 2. The van der Waals surface area contributed by atoms with Gasteiger partial charge >= 0.3 is 0 Å². The van der Waals surface area contributed by atoms with Crippen molar-refractivity contribution in [1.82, 2.24) is 9.47 Å². The van der Waals surface area contributed by atoms with E-state index in [0.717, 1.165) is 29.9 Å². The van der Waals surface area contributed by atoms with Crippen molar-refractivity contribution in [2.75, 3.05) is 13.1 Å². The van der Waals surface area contributed by atoms with Crippen molar-refractivity contribution >= 4 is 5.91 Å². The Morgan fingerprint density at radius 1 is 1.17 bits per heavy atom. The van der Waals surface area contributed by atoms with Crippen LogP contribution in [0.2, 0.25) is 0 Å². The standard InChI is InChI=1S/C19H25N3O/c1-19(2)13-22(12-11-17(19)20)18(23)16-10-9-15(21(16)3)14-7-5-4-6-8-14/h4-10,17H,11-13,20H2,1-3H3. The average Bonchev–Trinajstić information content (AvgIpc) is 2.91.